The van der Waals surface area contributed by atoms with E-state index in [1.165, 1.54) is 17.0 Å². The number of nitrogens with one attached hydrogen (secondary N) is 1. The highest BCUT2D eigenvalue weighted by molar-refractivity contribution is 7.71. The molecule has 0 aliphatic heterocycles. The molecule has 0 saturated heterocycles. The third kappa shape index (κ3) is 4.49. The van der Waals surface area contributed by atoms with Gasteiger partial charge in [0.25, 0.3) is 5.69 Å². The van der Waals surface area contributed by atoms with Crippen molar-refractivity contribution in [2.45, 2.75) is 27.4 Å². The number of hydrogen-bond donors (Lipinski definition) is 1. The third-order valence-electron chi connectivity index (χ3n) is 4.03. The summed E-state index contributed by atoms with van der Waals surface area (Å²) in [5, 5.41) is 22.2. The van der Waals surface area contributed by atoms with Gasteiger partial charge < -0.3 is 4.74 Å². The number of rotatable bonds is 6. The smallest absolute Gasteiger partial charge is 0.272 e. The van der Waals surface area contributed by atoms with Crippen LogP contribution in [0, 0.1) is 35.7 Å². The van der Waals surface area contributed by atoms with E-state index in [9.17, 15) is 10.1 Å². The van der Waals surface area contributed by atoms with Crippen molar-refractivity contribution in [1.29, 1.82) is 0 Å². The van der Waals surface area contributed by atoms with Gasteiger partial charge in [0, 0.05) is 17.2 Å². The summed E-state index contributed by atoms with van der Waals surface area (Å²) in [7, 11) is 0. The largest absolute Gasteiger partial charge is 0.486 e. The molecule has 2 aromatic carbocycles. The van der Waals surface area contributed by atoms with Gasteiger partial charge in [0.2, 0.25) is 4.77 Å². The Morgan fingerprint density at radius 3 is 2.64 bits per heavy atom. The number of aryl methyl sites for hydroxylation is 3. The summed E-state index contributed by atoms with van der Waals surface area (Å²) >= 11 is 5.22. The zero-order valence-electron chi connectivity index (χ0n) is 15.7. The van der Waals surface area contributed by atoms with Crippen LogP contribution in [-0.2, 0) is 6.61 Å². The Kier molecular flexibility index (Phi) is 5.65. The number of nitrogens with zero attached hydrogens (tertiary/aromatic N) is 4. The summed E-state index contributed by atoms with van der Waals surface area (Å²) in [6.07, 6.45) is 1.50. The van der Waals surface area contributed by atoms with E-state index in [0.717, 1.165) is 16.9 Å². The Bertz CT molecular complexity index is 1100. The number of benzene rings is 2. The lowest BCUT2D eigenvalue weighted by molar-refractivity contribution is -0.385. The Balaban J connectivity index is 1.81. The normalized spacial score (nSPS) is 11.1. The SMILES string of the molecule is Cc1cc(C)cc(OCc2n[nH]c(=S)n2/N=C\c2ccc(C)c([N+](=O)[O-])c2)c1. The zero-order valence-corrected chi connectivity index (χ0v) is 16.5. The maximum Gasteiger partial charge on any atom is 0.272 e. The number of aromatic amines is 1. The molecule has 1 aromatic heterocycles. The maximum atomic E-state index is 11.1. The summed E-state index contributed by atoms with van der Waals surface area (Å²) in [6, 6.07) is 10.8. The van der Waals surface area contributed by atoms with Crippen LogP contribution in [0.3, 0.4) is 0 Å². The summed E-state index contributed by atoms with van der Waals surface area (Å²) in [6.45, 7) is 5.86. The summed E-state index contributed by atoms with van der Waals surface area (Å²) in [5.74, 6) is 1.22. The van der Waals surface area contributed by atoms with E-state index >= 15 is 0 Å². The molecule has 144 valence electrons. The topological polar surface area (TPSA) is 98.3 Å². The van der Waals surface area contributed by atoms with Crippen LogP contribution in [0.2, 0.25) is 0 Å². The summed E-state index contributed by atoms with van der Waals surface area (Å²) in [4.78, 5) is 10.7. The van der Waals surface area contributed by atoms with Crippen LogP contribution >= 0.6 is 12.2 Å². The Morgan fingerprint density at radius 1 is 1.25 bits per heavy atom. The molecule has 0 bridgehead atoms. The molecule has 8 nitrogen and oxygen atoms in total. The molecule has 28 heavy (non-hydrogen) atoms. The fourth-order valence-electron chi connectivity index (χ4n) is 2.73. The minimum Gasteiger partial charge on any atom is -0.486 e. The second-order valence-corrected chi connectivity index (χ2v) is 6.80. The Morgan fingerprint density at radius 2 is 1.96 bits per heavy atom. The van der Waals surface area contributed by atoms with Crippen LogP contribution in [0.5, 0.6) is 5.75 Å². The maximum absolute atomic E-state index is 11.1. The molecule has 3 aromatic rings. The quantitative estimate of drug-likeness (QED) is 0.290. The molecular weight excluding hydrogens is 378 g/mol. The first-order valence-electron chi connectivity index (χ1n) is 8.50. The van der Waals surface area contributed by atoms with Crippen molar-refractivity contribution in [1.82, 2.24) is 14.9 Å². The number of aromatic nitrogens is 3. The lowest BCUT2D eigenvalue weighted by Crippen LogP contribution is -2.04. The molecule has 1 heterocycles. The lowest BCUT2D eigenvalue weighted by atomic mass is 10.1. The molecule has 0 aliphatic rings. The van der Waals surface area contributed by atoms with Crippen LogP contribution in [0.15, 0.2) is 41.5 Å². The van der Waals surface area contributed by atoms with E-state index in [2.05, 4.69) is 21.4 Å². The highest BCUT2D eigenvalue weighted by Gasteiger charge is 2.11. The summed E-state index contributed by atoms with van der Waals surface area (Å²) < 4.78 is 7.55. The first-order chi connectivity index (χ1) is 13.3. The van der Waals surface area contributed by atoms with Crippen molar-refractivity contribution in [3.8, 4) is 5.75 Å². The molecule has 0 atom stereocenters. The molecule has 3 rings (SSSR count). The standard InChI is InChI=1S/C19H19N5O3S/c1-12-6-13(2)8-16(7-12)27-11-18-21-22-19(28)23(18)20-10-15-5-4-14(3)17(9-15)24(25)26/h4-10H,11H2,1-3H3,(H,22,28)/b20-10-. The minimum atomic E-state index is -0.417. The van der Waals surface area contributed by atoms with Crippen molar-refractivity contribution >= 4 is 24.1 Å². The average Bonchev–Trinajstić information content (AvgIpc) is 2.98. The van der Waals surface area contributed by atoms with Crippen LogP contribution in [0.4, 0.5) is 5.69 Å². The fourth-order valence-corrected chi connectivity index (χ4v) is 2.93. The predicted octanol–water partition coefficient (Wildman–Crippen LogP) is 4.24. The number of H-pyrrole nitrogens is 1. The van der Waals surface area contributed by atoms with Gasteiger partial charge in [0.15, 0.2) is 5.82 Å². The molecule has 9 heteroatoms. The van der Waals surface area contributed by atoms with Gasteiger partial charge >= 0.3 is 0 Å². The molecular formula is C19H19N5O3S. The van der Waals surface area contributed by atoms with E-state index in [4.69, 9.17) is 17.0 Å². The Labute approximate surface area is 166 Å². The first-order valence-corrected chi connectivity index (χ1v) is 8.91. The van der Waals surface area contributed by atoms with E-state index in [1.54, 1.807) is 19.1 Å². The molecule has 0 amide bonds. The molecule has 0 unspecified atom stereocenters. The molecule has 1 N–H and O–H groups in total. The van der Waals surface area contributed by atoms with Crippen LogP contribution in [-0.4, -0.2) is 26.0 Å². The van der Waals surface area contributed by atoms with Gasteiger partial charge in [-0.3, -0.25) is 10.1 Å². The number of nitro benzene ring substituents is 1. The third-order valence-corrected chi connectivity index (χ3v) is 4.30. The minimum absolute atomic E-state index is 0.0399. The van der Waals surface area contributed by atoms with E-state index in [-0.39, 0.29) is 12.3 Å². The zero-order chi connectivity index (χ0) is 20.3. The van der Waals surface area contributed by atoms with E-state index in [1.807, 2.05) is 26.0 Å². The van der Waals surface area contributed by atoms with Gasteiger partial charge in [-0.15, -0.1) is 0 Å². The van der Waals surface area contributed by atoms with Gasteiger partial charge in [-0.25, -0.2) is 5.10 Å². The van der Waals surface area contributed by atoms with Gasteiger partial charge in [-0.2, -0.15) is 14.9 Å². The second-order valence-electron chi connectivity index (χ2n) is 6.42. The van der Waals surface area contributed by atoms with Crippen LogP contribution in [0.25, 0.3) is 0 Å². The highest BCUT2D eigenvalue weighted by atomic mass is 32.1. The fraction of sp³-hybridized carbons (Fsp3) is 0.211. The number of nitro groups is 1. The van der Waals surface area contributed by atoms with Crippen molar-refractivity contribution in [3.63, 3.8) is 0 Å². The van der Waals surface area contributed by atoms with Crippen molar-refractivity contribution < 1.29 is 9.66 Å². The van der Waals surface area contributed by atoms with E-state index < -0.39 is 4.92 Å². The van der Waals surface area contributed by atoms with Gasteiger partial charge in [-0.05, 0) is 56.2 Å². The Hall–Kier alpha value is -3.33. The van der Waals surface area contributed by atoms with Gasteiger partial charge in [-0.1, -0.05) is 18.2 Å². The van der Waals surface area contributed by atoms with Crippen molar-refractivity contribution in [2.75, 3.05) is 0 Å². The highest BCUT2D eigenvalue weighted by Crippen LogP contribution is 2.19. The van der Waals surface area contributed by atoms with Crippen molar-refractivity contribution in [2.24, 2.45) is 5.10 Å². The number of hydrogen-bond acceptors (Lipinski definition) is 6. The van der Waals surface area contributed by atoms with Gasteiger partial charge in [0.1, 0.15) is 12.4 Å². The van der Waals surface area contributed by atoms with Gasteiger partial charge in [0.05, 0.1) is 11.1 Å². The first kappa shape index (κ1) is 19.4. The monoisotopic (exact) mass is 397 g/mol. The average molecular weight is 397 g/mol. The van der Waals surface area contributed by atoms with Crippen LogP contribution in [0.1, 0.15) is 28.1 Å². The second kappa shape index (κ2) is 8.13. The molecule has 0 fully saturated rings. The lowest BCUT2D eigenvalue weighted by Gasteiger charge is -2.07. The van der Waals surface area contributed by atoms with E-state index in [0.29, 0.717) is 21.7 Å². The van der Waals surface area contributed by atoms with Crippen LogP contribution < -0.4 is 4.74 Å². The molecule has 0 spiro atoms. The van der Waals surface area contributed by atoms with Crippen molar-refractivity contribution in [3.05, 3.63) is 79.4 Å². The number of ether oxygens (including phenoxy) is 1. The summed E-state index contributed by atoms with van der Waals surface area (Å²) in [5.41, 5.74) is 3.42. The molecule has 0 saturated carbocycles. The molecule has 0 radical (unpaired) electrons. The molecule has 0 aliphatic carbocycles. The predicted molar refractivity (Wildman–Crippen MR) is 108 cm³/mol.